The fourth-order valence-electron chi connectivity index (χ4n) is 2.33. The standard InChI is InChI=1S/C17H17BF3N3O4S/c1-29(27,28)24(13-6-4-12(18)5-7-13)9-11-3-2-10(8-14(11)19)16(25)22-23-17(26)15(20)21/h2-8,15H,9,18H2,1H3,(H,22,25)(H,23,26). The number of alkyl halides is 2. The summed E-state index contributed by atoms with van der Waals surface area (Å²) in [5, 5.41) is 0. The van der Waals surface area contributed by atoms with E-state index in [4.69, 9.17) is 0 Å². The van der Waals surface area contributed by atoms with Crippen molar-refractivity contribution in [2.24, 2.45) is 0 Å². The molecule has 0 heterocycles. The van der Waals surface area contributed by atoms with Gasteiger partial charge in [0.05, 0.1) is 18.5 Å². The molecule has 0 aliphatic carbocycles. The number of hydrazine groups is 1. The van der Waals surface area contributed by atoms with E-state index < -0.39 is 34.1 Å². The number of hydrogen-bond acceptors (Lipinski definition) is 4. The molecule has 12 heteroatoms. The van der Waals surface area contributed by atoms with Crippen molar-refractivity contribution >= 4 is 40.8 Å². The Labute approximate surface area is 166 Å². The first-order chi connectivity index (χ1) is 13.5. The number of carbonyl (C=O) groups is 2. The molecule has 154 valence electrons. The summed E-state index contributed by atoms with van der Waals surface area (Å²) in [6, 6.07) is 9.79. The Balaban J connectivity index is 2.21. The number of carbonyl (C=O) groups excluding carboxylic acids is 2. The number of nitrogens with zero attached hydrogens (tertiary/aromatic N) is 1. The third-order valence-corrected chi connectivity index (χ3v) is 4.99. The molecule has 2 aromatic carbocycles. The van der Waals surface area contributed by atoms with Gasteiger partial charge in [0, 0.05) is 11.1 Å². The van der Waals surface area contributed by atoms with Gasteiger partial charge < -0.3 is 0 Å². The van der Waals surface area contributed by atoms with Crippen LogP contribution in [-0.2, 0) is 21.4 Å². The van der Waals surface area contributed by atoms with Gasteiger partial charge >= 0.3 is 12.3 Å². The van der Waals surface area contributed by atoms with E-state index >= 15 is 0 Å². The summed E-state index contributed by atoms with van der Waals surface area (Å²) >= 11 is 0. The maximum Gasteiger partial charge on any atom is 0.317 e. The summed E-state index contributed by atoms with van der Waals surface area (Å²) in [7, 11) is -1.89. The molecular formula is C17H17BF3N3O4S. The lowest BCUT2D eigenvalue weighted by atomic mass is 9.96. The minimum Gasteiger partial charge on any atom is -0.267 e. The van der Waals surface area contributed by atoms with Crippen LogP contribution in [-0.4, -0.2) is 40.8 Å². The molecule has 2 aromatic rings. The van der Waals surface area contributed by atoms with E-state index in [1.807, 2.05) is 7.85 Å². The van der Waals surface area contributed by atoms with Crippen LogP contribution in [0.2, 0.25) is 0 Å². The number of rotatable bonds is 6. The quantitative estimate of drug-likeness (QED) is 0.504. The molecule has 0 aliphatic rings. The fraction of sp³-hybridized carbons (Fsp3) is 0.176. The van der Waals surface area contributed by atoms with Gasteiger partial charge in [0.2, 0.25) is 10.0 Å². The normalized spacial score (nSPS) is 11.2. The lowest BCUT2D eigenvalue weighted by molar-refractivity contribution is -0.132. The van der Waals surface area contributed by atoms with Crippen molar-refractivity contribution in [2.45, 2.75) is 13.0 Å². The van der Waals surface area contributed by atoms with E-state index in [-0.39, 0.29) is 17.7 Å². The van der Waals surface area contributed by atoms with Crippen LogP contribution in [0.5, 0.6) is 0 Å². The molecule has 0 unspecified atom stereocenters. The highest BCUT2D eigenvalue weighted by atomic mass is 32.2. The van der Waals surface area contributed by atoms with E-state index in [0.717, 1.165) is 22.1 Å². The van der Waals surface area contributed by atoms with Crippen molar-refractivity contribution in [3.8, 4) is 0 Å². The summed E-state index contributed by atoms with van der Waals surface area (Å²) in [4.78, 5) is 22.6. The monoisotopic (exact) mass is 427 g/mol. The molecule has 29 heavy (non-hydrogen) atoms. The second kappa shape index (κ2) is 8.99. The zero-order valence-electron chi connectivity index (χ0n) is 15.4. The highest BCUT2D eigenvalue weighted by Crippen LogP contribution is 2.21. The van der Waals surface area contributed by atoms with Crippen molar-refractivity contribution in [3.63, 3.8) is 0 Å². The number of nitrogens with one attached hydrogen (secondary N) is 2. The van der Waals surface area contributed by atoms with Gasteiger partial charge in [0.1, 0.15) is 13.7 Å². The molecule has 0 atom stereocenters. The summed E-state index contributed by atoms with van der Waals surface area (Å²) in [5.41, 5.74) is 4.23. The van der Waals surface area contributed by atoms with Gasteiger partial charge in [-0.15, -0.1) is 0 Å². The summed E-state index contributed by atoms with van der Waals surface area (Å²) < 4.78 is 64.0. The fourth-order valence-corrected chi connectivity index (χ4v) is 3.21. The second-order valence-corrected chi connectivity index (χ2v) is 8.06. The van der Waals surface area contributed by atoms with E-state index in [0.29, 0.717) is 5.69 Å². The summed E-state index contributed by atoms with van der Waals surface area (Å²) in [6.07, 6.45) is -2.34. The molecule has 7 nitrogen and oxygen atoms in total. The molecule has 0 saturated heterocycles. The smallest absolute Gasteiger partial charge is 0.267 e. The van der Waals surface area contributed by atoms with Crippen LogP contribution >= 0.6 is 0 Å². The Bertz CT molecular complexity index is 1020. The SMILES string of the molecule is Bc1ccc(N(Cc2ccc(C(=O)NNC(=O)C(F)F)cc2F)S(C)(=O)=O)cc1. The topological polar surface area (TPSA) is 95.6 Å². The average Bonchev–Trinajstić information content (AvgIpc) is 2.64. The van der Waals surface area contributed by atoms with Crippen LogP contribution in [0, 0.1) is 5.82 Å². The molecule has 0 spiro atoms. The Morgan fingerprint density at radius 2 is 1.72 bits per heavy atom. The molecule has 0 aromatic heterocycles. The molecular weight excluding hydrogens is 410 g/mol. The van der Waals surface area contributed by atoms with Crippen LogP contribution in [0.25, 0.3) is 0 Å². The molecule has 0 fully saturated rings. The molecule has 2 N–H and O–H groups in total. The van der Waals surface area contributed by atoms with E-state index in [9.17, 15) is 31.2 Å². The summed E-state index contributed by atoms with van der Waals surface area (Å²) in [6.45, 7) is -0.322. The lowest BCUT2D eigenvalue weighted by Crippen LogP contribution is -2.44. The van der Waals surface area contributed by atoms with Gasteiger partial charge in [-0.25, -0.2) is 12.8 Å². The Kier molecular flexibility index (Phi) is 6.91. The first-order valence-corrected chi connectivity index (χ1v) is 10.0. The van der Waals surface area contributed by atoms with Gasteiger partial charge in [-0.3, -0.25) is 24.7 Å². The van der Waals surface area contributed by atoms with Crippen molar-refractivity contribution in [2.75, 3.05) is 10.6 Å². The number of halogens is 3. The zero-order chi connectivity index (χ0) is 21.8. The molecule has 2 amide bonds. The Morgan fingerprint density at radius 3 is 2.24 bits per heavy atom. The van der Waals surface area contributed by atoms with Crippen molar-refractivity contribution < 1.29 is 31.2 Å². The van der Waals surface area contributed by atoms with Crippen LogP contribution in [0.15, 0.2) is 42.5 Å². The van der Waals surface area contributed by atoms with Crippen LogP contribution in [0.1, 0.15) is 15.9 Å². The lowest BCUT2D eigenvalue weighted by Gasteiger charge is -2.23. The Hall–Kier alpha value is -3.02. The highest BCUT2D eigenvalue weighted by Gasteiger charge is 2.21. The third kappa shape index (κ3) is 5.98. The van der Waals surface area contributed by atoms with Crippen molar-refractivity contribution in [1.29, 1.82) is 0 Å². The molecule has 0 bridgehead atoms. The molecule has 0 saturated carbocycles. The minimum absolute atomic E-state index is 0.0100. The summed E-state index contributed by atoms with van der Waals surface area (Å²) in [5.74, 6) is -3.60. The molecule has 0 aliphatic heterocycles. The second-order valence-electron chi connectivity index (χ2n) is 6.16. The largest absolute Gasteiger partial charge is 0.317 e. The van der Waals surface area contributed by atoms with E-state index in [1.54, 1.807) is 29.7 Å². The number of amides is 2. The van der Waals surface area contributed by atoms with Gasteiger partial charge in [-0.2, -0.15) is 8.78 Å². The number of sulfonamides is 1. The number of hydrogen-bond donors (Lipinski definition) is 2. The highest BCUT2D eigenvalue weighted by molar-refractivity contribution is 7.92. The Morgan fingerprint density at radius 1 is 1.10 bits per heavy atom. The van der Waals surface area contributed by atoms with Gasteiger partial charge in [-0.05, 0) is 24.3 Å². The van der Waals surface area contributed by atoms with Crippen LogP contribution in [0.3, 0.4) is 0 Å². The minimum atomic E-state index is -3.73. The van der Waals surface area contributed by atoms with E-state index in [1.165, 1.54) is 17.6 Å². The van der Waals surface area contributed by atoms with Gasteiger partial charge in [0.25, 0.3) is 5.91 Å². The number of anilines is 1. The van der Waals surface area contributed by atoms with Crippen molar-refractivity contribution in [3.05, 3.63) is 59.4 Å². The number of benzene rings is 2. The molecule has 2 rings (SSSR count). The maximum atomic E-state index is 14.5. The zero-order valence-corrected chi connectivity index (χ0v) is 16.3. The molecule has 0 radical (unpaired) electrons. The van der Waals surface area contributed by atoms with Crippen molar-refractivity contribution in [1.82, 2.24) is 10.9 Å². The van der Waals surface area contributed by atoms with Crippen LogP contribution in [0.4, 0.5) is 18.9 Å². The van der Waals surface area contributed by atoms with Gasteiger partial charge in [0.15, 0.2) is 0 Å². The van der Waals surface area contributed by atoms with Crippen LogP contribution < -0.4 is 20.6 Å². The van der Waals surface area contributed by atoms with E-state index in [2.05, 4.69) is 0 Å². The first kappa shape index (κ1) is 22.3. The predicted molar refractivity (Wildman–Crippen MR) is 104 cm³/mol. The average molecular weight is 427 g/mol. The first-order valence-electron chi connectivity index (χ1n) is 8.20. The maximum absolute atomic E-state index is 14.5. The third-order valence-electron chi connectivity index (χ3n) is 3.85. The van der Waals surface area contributed by atoms with Gasteiger partial charge in [-0.1, -0.05) is 23.7 Å². The predicted octanol–water partition coefficient (Wildman–Crippen LogP) is 0.0764.